The van der Waals surface area contributed by atoms with Crippen molar-refractivity contribution in [2.75, 3.05) is 20.1 Å². The van der Waals surface area contributed by atoms with Crippen molar-refractivity contribution < 1.29 is 4.74 Å². The largest absolute Gasteiger partial charge is 0.489 e. The smallest absolute Gasteiger partial charge is 0.124 e. The molecule has 2 aromatic carbocycles. The molecule has 2 rings (SSSR count). The van der Waals surface area contributed by atoms with Gasteiger partial charge in [-0.3, -0.25) is 0 Å². The van der Waals surface area contributed by atoms with Gasteiger partial charge in [0.2, 0.25) is 0 Å². The van der Waals surface area contributed by atoms with E-state index >= 15 is 0 Å². The molecule has 2 aromatic rings. The summed E-state index contributed by atoms with van der Waals surface area (Å²) in [5.74, 6) is 0.884. The highest BCUT2D eigenvalue weighted by Crippen LogP contribution is 2.25. The van der Waals surface area contributed by atoms with Crippen molar-refractivity contribution in [2.24, 2.45) is 0 Å². The fourth-order valence-electron chi connectivity index (χ4n) is 2.21. The van der Waals surface area contributed by atoms with E-state index in [4.69, 9.17) is 16.3 Å². The summed E-state index contributed by atoms with van der Waals surface area (Å²) in [5.41, 5.74) is 2.13. The molecule has 0 aliphatic carbocycles. The first-order valence-corrected chi connectivity index (χ1v) is 8.87. The van der Waals surface area contributed by atoms with E-state index < -0.39 is 0 Å². The van der Waals surface area contributed by atoms with E-state index in [9.17, 15) is 0 Å². The maximum absolute atomic E-state index is 6.18. The molecule has 0 radical (unpaired) electrons. The Labute approximate surface area is 151 Å². The van der Waals surface area contributed by atoms with Crippen LogP contribution in [0.3, 0.4) is 0 Å². The molecule has 0 aromatic heterocycles. The summed E-state index contributed by atoms with van der Waals surface area (Å²) in [4.78, 5) is 0. The molecule has 0 atom stereocenters. The van der Waals surface area contributed by atoms with Gasteiger partial charge in [0.25, 0.3) is 0 Å². The standard InChI is InChI=1S/C18H22BrClN2O/c1-21-9-4-10-22-12-15-11-16(19)7-8-18(15)23-13-14-5-2-3-6-17(14)20/h2-3,5-8,11,21-22H,4,9-10,12-13H2,1H3. The van der Waals surface area contributed by atoms with Crippen molar-refractivity contribution in [1.29, 1.82) is 0 Å². The van der Waals surface area contributed by atoms with Crippen LogP contribution in [0.2, 0.25) is 5.02 Å². The summed E-state index contributed by atoms with van der Waals surface area (Å²) in [6.07, 6.45) is 1.10. The number of ether oxygens (including phenoxy) is 1. The first-order chi connectivity index (χ1) is 11.2. The topological polar surface area (TPSA) is 33.3 Å². The lowest BCUT2D eigenvalue weighted by Gasteiger charge is -2.13. The molecular formula is C18H22BrClN2O. The van der Waals surface area contributed by atoms with Crippen LogP contribution >= 0.6 is 27.5 Å². The summed E-state index contributed by atoms with van der Waals surface area (Å²) >= 11 is 9.71. The third-order valence-corrected chi connectivity index (χ3v) is 4.32. The van der Waals surface area contributed by atoms with Crippen LogP contribution in [0.4, 0.5) is 0 Å². The lowest BCUT2D eigenvalue weighted by molar-refractivity contribution is 0.302. The SMILES string of the molecule is CNCCCNCc1cc(Br)ccc1OCc1ccccc1Cl. The van der Waals surface area contributed by atoms with Gasteiger partial charge in [-0.05, 0) is 50.8 Å². The Balaban J connectivity index is 1.96. The molecule has 0 heterocycles. The van der Waals surface area contributed by atoms with Crippen molar-refractivity contribution in [3.63, 3.8) is 0 Å². The summed E-state index contributed by atoms with van der Waals surface area (Å²) in [5, 5.41) is 7.33. The predicted molar refractivity (Wildman–Crippen MR) is 100 cm³/mol. The maximum Gasteiger partial charge on any atom is 0.124 e. The minimum absolute atomic E-state index is 0.466. The average Bonchev–Trinajstić information content (AvgIpc) is 2.55. The Morgan fingerprint density at radius 1 is 1.09 bits per heavy atom. The number of hydrogen-bond donors (Lipinski definition) is 2. The third kappa shape index (κ3) is 6.15. The molecular weight excluding hydrogens is 376 g/mol. The fourth-order valence-corrected chi connectivity index (χ4v) is 2.81. The predicted octanol–water partition coefficient (Wildman–Crippen LogP) is 4.38. The second-order valence-corrected chi connectivity index (χ2v) is 6.59. The van der Waals surface area contributed by atoms with Crippen molar-refractivity contribution in [2.45, 2.75) is 19.6 Å². The molecule has 0 aliphatic heterocycles. The van der Waals surface area contributed by atoms with Crippen LogP contribution in [0.25, 0.3) is 0 Å². The van der Waals surface area contributed by atoms with Crippen LogP contribution in [0.5, 0.6) is 5.75 Å². The minimum Gasteiger partial charge on any atom is -0.489 e. The van der Waals surface area contributed by atoms with Crippen LogP contribution in [0.15, 0.2) is 46.9 Å². The van der Waals surface area contributed by atoms with Gasteiger partial charge in [0.15, 0.2) is 0 Å². The highest BCUT2D eigenvalue weighted by Gasteiger charge is 2.06. The minimum atomic E-state index is 0.466. The molecule has 0 amide bonds. The molecule has 0 spiro atoms. The van der Waals surface area contributed by atoms with Gasteiger partial charge in [0.1, 0.15) is 12.4 Å². The van der Waals surface area contributed by atoms with Gasteiger partial charge in [-0.1, -0.05) is 45.7 Å². The molecule has 2 N–H and O–H groups in total. The van der Waals surface area contributed by atoms with Gasteiger partial charge in [0, 0.05) is 27.2 Å². The molecule has 5 heteroatoms. The molecule has 0 fully saturated rings. The van der Waals surface area contributed by atoms with Gasteiger partial charge in [-0.2, -0.15) is 0 Å². The molecule has 23 heavy (non-hydrogen) atoms. The zero-order valence-corrected chi connectivity index (χ0v) is 15.6. The zero-order chi connectivity index (χ0) is 16.5. The van der Waals surface area contributed by atoms with Crippen LogP contribution in [0, 0.1) is 0 Å². The molecule has 0 aliphatic rings. The van der Waals surface area contributed by atoms with E-state index in [1.54, 1.807) is 0 Å². The quantitative estimate of drug-likeness (QED) is 0.616. The van der Waals surface area contributed by atoms with E-state index in [0.717, 1.165) is 52.4 Å². The normalized spacial score (nSPS) is 10.7. The molecule has 0 bridgehead atoms. The number of rotatable bonds is 9. The second-order valence-electron chi connectivity index (χ2n) is 5.27. The van der Waals surface area contributed by atoms with E-state index in [1.165, 1.54) is 0 Å². The summed E-state index contributed by atoms with van der Waals surface area (Å²) in [6, 6.07) is 13.8. The molecule has 0 saturated carbocycles. The van der Waals surface area contributed by atoms with Crippen molar-refractivity contribution in [3.8, 4) is 5.75 Å². The number of nitrogens with one attached hydrogen (secondary N) is 2. The molecule has 3 nitrogen and oxygen atoms in total. The first kappa shape index (κ1) is 18.3. The summed E-state index contributed by atoms with van der Waals surface area (Å²) in [6.45, 7) is 3.23. The highest BCUT2D eigenvalue weighted by molar-refractivity contribution is 9.10. The zero-order valence-electron chi connectivity index (χ0n) is 13.2. The summed E-state index contributed by atoms with van der Waals surface area (Å²) in [7, 11) is 1.97. The van der Waals surface area contributed by atoms with Crippen LogP contribution < -0.4 is 15.4 Å². The Morgan fingerprint density at radius 2 is 1.91 bits per heavy atom. The van der Waals surface area contributed by atoms with Crippen LogP contribution in [-0.2, 0) is 13.2 Å². The lowest BCUT2D eigenvalue weighted by atomic mass is 10.2. The Kier molecular flexibility index (Phi) is 7.89. The van der Waals surface area contributed by atoms with Crippen LogP contribution in [0.1, 0.15) is 17.5 Å². The Hall–Kier alpha value is -1.07. The van der Waals surface area contributed by atoms with Gasteiger partial charge in [-0.15, -0.1) is 0 Å². The van der Waals surface area contributed by atoms with Crippen LogP contribution in [-0.4, -0.2) is 20.1 Å². The number of hydrogen-bond acceptors (Lipinski definition) is 3. The number of halogens is 2. The monoisotopic (exact) mass is 396 g/mol. The fraction of sp³-hybridized carbons (Fsp3) is 0.333. The van der Waals surface area contributed by atoms with E-state index in [1.807, 2.05) is 43.4 Å². The molecule has 0 unspecified atom stereocenters. The first-order valence-electron chi connectivity index (χ1n) is 7.70. The third-order valence-electron chi connectivity index (χ3n) is 3.46. The molecule has 124 valence electrons. The summed E-state index contributed by atoms with van der Waals surface area (Å²) < 4.78 is 7.03. The second kappa shape index (κ2) is 9.93. The van der Waals surface area contributed by atoms with Crippen molar-refractivity contribution >= 4 is 27.5 Å². The number of benzene rings is 2. The van der Waals surface area contributed by atoms with E-state index in [0.29, 0.717) is 6.61 Å². The van der Waals surface area contributed by atoms with Gasteiger partial charge < -0.3 is 15.4 Å². The van der Waals surface area contributed by atoms with Gasteiger partial charge in [0.05, 0.1) is 0 Å². The lowest BCUT2D eigenvalue weighted by Crippen LogP contribution is -2.19. The average molecular weight is 398 g/mol. The van der Waals surface area contributed by atoms with Crippen molar-refractivity contribution in [1.82, 2.24) is 10.6 Å². The highest BCUT2D eigenvalue weighted by atomic mass is 79.9. The van der Waals surface area contributed by atoms with Gasteiger partial charge >= 0.3 is 0 Å². The maximum atomic E-state index is 6.18. The Morgan fingerprint density at radius 3 is 2.70 bits per heavy atom. The molecule has 0 saturated heterocycles. The Bertz CT molecular complexity index is 622. The van der Waals surface area contributed by atoms with E-state index in [-0.39, 0.29) is 0 Å². The van der Waals surface area contributed by atoms with E-state index in [2.05, 4.69) is 32.6 Å². The van der Waals surface area contributed by atoms with Gasteiger partial charge in [-0.25, -0.2) is 0 Å². The van der Waals surface area contributed by atoms with Crippen molar-refractivity contribution in [3.05, 3.63) is 63.1 Å².